The molecule has 0 unspecified atom stereocenters. The number of hydrogen-bond acceptors (Lipinski definition) is 2. The second kappa shape index (κ2) is 4.15. The van der Waals surface area contributed by atoms with Crippen molar-refractivity contribution in [1.29, 1.82) is 0 Å². The van der Waals surface area contributed by atoms with Gasteiger partial charge >= 0.3 is 0 Å². The van der Waals surface area contributed by atoms with Gasteiger partial charge in [0.2, 0.25) is 0 Å². The van der Waals surface area contributed by atoms with Crippen LogP contribution in [-0.2, 0) is 0 Å². The molecule has 0 atom stereocenters. The highest BCUT2D eigenvalue weighted by Crippen LogP contribution is 2.28. The van der Waals surface area contributed by atoms with Crippen molar-refractivity contribution in [2.24, 2.45) is 0 Å². The maximum Gasteiger partial charge on any atom is 0.106 e. The number of benzene rings is 1. The number of para-hydroxylation sites is 2. The summed E-state index contributed by atoms with van der Waals surface area (Å²) in [5.74, 6) is 1.13. The van der Waals surface area contributed by atoms with Gasteiger partial charge in [0.1, 0.15) is 5.82 Å². The second-order valence-corrected chi connectivity index (χ2v) is 4.87. The van der Waals surface area contributed by atoms with E-state index in [1.807, 2.05) is 0 Å². The predicted molar refractivity (Wildman–Crippen MR) is 69.7 cm³/mol. The summed E-state index contributed by atoms with van der Waals surface area (Å²) in [7, 11) is 4.01. The average molecular weight is 228 g/mol. The molecule has 3 nitrogen and oxygen atoms in total. The summed E-state index contributed by atoms with van der Waals surface area (Å²) in [6, 6.07) is 9.00. The Balaban J connectivity index is 2.02. The van der Waals surface area contributed by atoms with Crippen LogP contribution in [-0.4, -0.2) is 27.5 Å². The lowest BCUT2D eigenvalue weighted by atomic mass is 10.0. The molecular formula is C14H18N3-. The third kappa shape index (κ3) is 1.84. The largest absolute Gasteiger partial charge is 0.459 e. The molecule has 0 radical (unpaired) electrons. The van der Waals surface area contributed by atoms with Crippen molar-refractivity contribution in [3.8, 4) is 0 Å². The number of fused-ring (bicyclic) bond motifs is 1. The SMILES string of the molecule is [CH2-]N1CCC(n2c(C)nc3ccccc32)CC1. The van der Waals surface area contributed by atoms with Crippen LogP contribution in [0.2, 0.25) is 0 Å². The molecule has 1 aliphatic heterocycles. The second-order valence-electron chi connectivity index (χ2n) is 4.87. The van der Waals surface area contributed by atoms with Gasteiger partial charge in [0.05, 0.1) is 11.0 Å². The molecule has 3 rings (SSSR count). The van der Waals surface area contributed by atoms with E-state index in [1.54, 1.807) is 0 Å². The lowest BCUT2D eigenvalue weighted by molar-refractivity contribution is 0.242. The molecule has 1 saturated heterocycles. The number of aryl methyl sites for hydroxylation is 1. The number of imidazole rings is 1. The third-order valence-electron chi connectivity index (χ3n) is 3.69. The van der Waals surface area contributed by atoms with Crippen LogP contribution >= 0.6 is 0 Å². The zero-order valence-corrected chi connectivity index (χ0v) is 10.3. The number of nitrogens with zero attached hydrogens (tertiary/aromatic N) is 3. The number of aromatic nitrogens is 2. The van der Waals surface area contributed by atoms with E-state index in [1.165, 1.54) is 18.4 Å². The van der Waals surface area contributed by atoms with Crippen molar-refractivity contribution in [3.05, 3.63) is 37.1 Å². The average Bonchev–Trinajstić information content (AvgIpc) is 2.66. The Morgan fingerprint density at radius 3 is 2.71 bits per heavy atom. The van der Waals surface area contributed by atoms with Gasteiger partial charge in [0.25, 0.3) is 0 Å². The van der Waals surface area contributed by atoms with Crippen molar-refractivity contribution in [3.63, 3.8) is 0 Å². The van der Waals surface area contributed by atoms with E-state index in [0.717, 1.165) is 24.4 Å². The number of hydrogen-bond donors (Lipinski definition) is 0. The Labute approximate surface area is 102 Å². The van der Waals surface area contributed by atoms with Gasteiger partial charge in [-0.3, -0.25) is 7.05 Å². The number of piperidine rings is 1. The van der Waals surface area contributed by atoms with Gasteiger partial charge in [-0.05, 0) is 45.0 Å². The summed E-state index contributed by atoms with van der Waals surface area (Å²) >= 11 is 0. The highest BCUT2D eigenvalue weighted by Gasteiger charge is 2.19. The van der Waals surface area contributed by atoms with Crippen LogP contribution in [0, 0.1) is 14.0 Å². The quantitative estimate of drug-likeness (QED) is 0.700. The van der Waals surface area contributed by atoms with Crippen molar-refractivity contribution >= 4 is 11.0 Å². The first kappa shape index (κ1) is 10.8. The molecule has 0 amide bonds. The summed E-state index contributed by atoms with van der Waals surface area (Å²) < 4.78 is 2.41. The maximum atomic E-state index is 4.64. The van der Waals surface area contributed by atoms with E-state index in [2.05, 4.69) is 52.7 Å². The van der Waals surface area contributed by atoms with Gasteiger partial charge in [-0.2, -0.15) is 0 Å². The minimum atomic E-state index is 0.584. The van der Waals surface area contributed by atoms with Gasteiger partial charge < -0.3 is 9.47 Å². The molecule has 3 heteroatoms. The first-order chi connectivity index (χ1) is 8.25. The van der Waals surface area contributed by atoms with E-state index < -0.39 is 0 Å². The van der Waals surface area contributed by atoms with Crippen LogP contribution < -0.4 is 0 Å². The van der Waals surface area contributed by atoms with Gasteiger partial charge in [0, 0.05) is 6.04 Å². The van der Waals surface area contributed by atoms with Crippen LogP contribution in [0.1, 0.15) is 24.7 Å². The molecule has 1 aromatic carbocycles. The molecule has 0 saturated carbocycles. The highest BCUT2D eigenvalue weighted by molar-refractivity contribution is 5.76. The zero-order chi connectivity index (χ0) is 11.8. The Hall–Kier alpha value is -1.35. The van der Waals surface area contributed by atoms with E-state index in [-0.39, 0.29) is 0 Å². The van der Waals surface area contributed by atoms with E-state index in [9.17, 15) is 0 Å². The Morgan fingerprint density at radius 2 is 1.94 bits per heavy atom. The first-order valence-electron chi connectivity index (χ1n) is 6.25. The lowest BCUT2D eigenvalue weighted by Gasteiger charge is -2.35. The maximum absolute atomic E-state index is 4.64. The van der Waals surface area contributed by atoms with Crippen LogP contribution in [0.15, 0.2) is 24.3 Å². The highest BCUT2D eigenvalue weighted by atomic mass is 15.2. The summed E-state index contributed by atoms with van der Waals surface area (Å²) in [6.07, 6.45) is 2.34. The summed E-state index contributed by atoms with van der Waals surface area (Å²) in [4.78, 5) is 6.80. The molecule has 2 heterocycles. The van der Waals surface area contributed by atoms with Crippen molar-refractivity contribution in [2.75, 3.05) is 13.1 Å². The van der Waals surface area contributed by atoms with Gasteiger partial charge in [-0.1, -0.05) is 12.1 Å². The van der Waals surface area contributed by atoms with Crippen LogP contribution in [0.25, 0.3) is 11.0 Å². The summed E-state index contributed by atoms with van der Waals surface area (Å²) in [5, 5.41) is 0. The zero-order valence-electron chi connectivity index (χ0n) is 10.3. The molecule has 1 aromatic heterocycles. The number of likely N-dealkylation sites (tertiary alicyclic amines) is 1. The third-order valence-corrected chi connectivity index (χ3v) is 3.69. The van der Waals surface area contributed by atoms with Crippen LogP contribution in [0.4, 0.5) is 0 Å². The van der Waals surface area contributed by atoms with Gasteiger partial charge in [-0.15, -0.1) is 0 Å². The topological polar surface area (TPSA) is 21.1 Å². The molecule has 17 heavy (non-hydrogen) atoms. The molecule has 0 bridgehead atoms. The molecular weight excluding hydrogens is 210 g/mol. The summed E-state index contributed by atoms with van der Waals surface area (Å²) in [6.45, 7) is 4.27. The molecule has 0 N–H and O–H groups in total. The fourth-order valence-electron chi connectivity index (χ4n) is 2.80. The first-order valence-corrected chi connectivity index (χ1v) is 6.25. The Kier molecular flexibility index (Phi) is 2.63. The van der Waals surface area contributed by atoms with Crippen molar-refractivity contribution in [2.45, 2.75) is 25.8 Å². The standard InChI is InChI=1S/C14H18N3/c1-11-15-13-5-3-4-6-14(13)17(11)12-7-9-16(2)10-8-12/h3-6,12H,2,7-10H2,1H3/q-1. The Morgan fingerprint density at radius 1 is 1.24 bits per heavy atom. The molecule has 90 valence electrons. The fourth-order valence-corrected chi connectivity index (χ4v) is 2.80. The molecule has 0 aliphatic carbocycles. The fraction of sp³-hybridized carbons (Fsp3) is 0.429. The van der Waals surface area contributed by atoms with Crippen molar-refractivity contribution in [1.82, 2.24) is 14.5 Å². The molecule has 0 spiro atoms. The smallest absolute Gasteiger partial charge is 0.106 e. The van der Waals surface area contributed by atoms with Crippen LogP contribution in [0.3, 0.4) is 0 Å². The van der Waals surface area contributed by atoms with Gasteiger partial charge in [-0.25, -0.2) is 4.98 Å². The minimum absolute atomic E-state index is 0.584. The monoisotopic (exact) mass is 228 g/mol. The Bertz CT molecular complexity index is 521. The predicted octanol–water partition coefficient (Wildman–Crippen LogP) is 2.77. The van der Waals surface area contributed by atoms with E-state index >= 15 is 0 Å². The number of rotatable bonds is 1. The van der Waals surface area contributed by atoms with Gasteiger partial charge in [0.15, 0.2) is 0 Å². The minimum Gasteiger partial charge on any atom is -0.459 e. The normalized spacial score (nSPS) is 18.9. The lowest BCUT2D eigenvalue weighted by Crippen LogP contribution is -2.30. The molecule has 2 aromatic rings. The van der Waals surface area contributed by atoms with Crippen LogP contribution in [0.5, 0.6) is 0 Å². The van der Waals surface area contributed by atoms with E-state index in [0.29, 0.717) is 6.04 Å². The van der Waals surface area contributed by atoms with E-state index in [4.69, 9.17) is 0 Å². The van der Waals surface area contributed by atoms with Crippen molar-refractivity contribution < 1.29 is 0 Å². The summed E-state index contributed by atoms with van der Waals surface area (Å²) in [5.41, 5.74) is 2.38. The molecule has 1 fully saturated rings. The molecule has 1 aliphatic rings.